The standard InChI is InChI=1S/C37H56F3N5O6/c1-4-19-41-34(49)32(47)27(17-18-37(38,39)40)42-33(48)28-20-26(22(2)3)21-45(28)35(50)30(24-13-9-6-10-14-24)44-36(51)43-29(31(46)25-15-16-25)23-11-7-5-8-12-23/h4,22-30H,1,5-21H2,2-3H3,(H,41,49)(H,42,48)(H2,43,44,51)/t26-,27?,28+,29+,30+/m1/s1. The molecule has 3 aliphatic carbocycles. The van der Waals surface area contributed by atoms with Crippen LogP contribution in [0, 0.1) is 29.6 Å². The van der Waals surface area contributed by atoms with E-state index >= 15 is 0 Å². The highest BCUT2D eigenvalue weighted by Gasteiger charge is 2.46. The Hall–Kier alpha value is -3.45. The van der Waals surface area contributed by atoms with Crippen LogP contribution in [-0.4, -0.2) is 83.7 Å². The fourth-order valence-corrected chi connectivity index (χ4v) is 7.96. The number of carbonyl (C=O) groups excluding carboxylic acids is 6. The van der Waals surface area contributed by atoms with Gasteiger partial charge in [0, 0.05) is 25.4 Å². The molecule has 5 atom stereocenters. The number of Topliss-reactive ketones (excluding diaryl/α,β-unsaturated/α-hetero) is 2. The Morgan fingerprint density at radius 2 is 1.37 bits per heavy atom. The average molecular weight is 724 g/mol. The zero-order valence-corrected chi connectivity index (χ0v) is 30.0. The molecule has 0 radical (unpaired) electrons. The van der Waals surface area contributed by atoms with E-state index in [1.165, 1.54) is 11.0 Å². The van der Waals surface area contributed by atoms with Crippen LogP contribution < -0.4 is 21.3 Å². The molecule has 4 aliphatic rings. The summed E-state index contributed by atoms with van der Waals surface area (Å²) in [5, 5.41) is 10.5. The van der Waals surface area contributed by atoms with Crippen LogP contribution >= 0.6 is 0 Å². The van der Waals surface area contributed by atoms with Gasteiger partial charge in [-0.15, -0.1) is 6.58 Å². The molecule has 1 heterocycles. The minimum Gasteiger partial charge on any atom is -0.346 e. The van der Waals surface area contributed by atoms with Gasteiger partial charge >= 0.3 is 12.2 Å². The molecule has 3 saturated carbocycles. The van der Waals surface area contributed by atoms with Crippen molar-refractivity contribution in [3.8, 4) is 0 Å². The molecule has 0 spiro atoms. The Bertz CT molecular complexity index is 1280. The number of hydrogen-bond donors (Lipinski definition) is 4. The normalized spacial score (nSPS) is 23.5. The molecule has 1 saturated heterocycles. The SMILES string of the molecule is C=CCNC(=O)C(=O)C(CCC(F)(F)F)NC(=O)[C@@H]1C[C@@H](C(C)C)CN1C(=O)[C@@H](NC(=O)N[C@H](C(=O)C1CC1)C1CCCCC1)C1CCCCC1. The number of nitrogens with zero attached hydrogens (tertiary/aromatic N) is 1. The van der Waals surface area contributed by atoms with Crippen molar-refractivity contribution in [2.75, 3.05) is 13.1 Å². The topological polar surface area (TPSA) is 154 Å². The van der Waals surface area contributed by atoms with Crippen molar-refractivity contribution < 1.29 is 41.9 Å². The van der Waals surface area contributed by atoms with E-state index in [0.29, 0.717) is 12.8 Å². The second-order valence-corrected chi connectivity index (χ2v) is 15.4. The number of likely N-dealkylation sites (tertiary alicyclic amines) is 1. The Labute approximate surface area is 299 Å². The lowest BCUT2D eigenvalue weighted by Crippen LogP contribution is -2.60. The zero-order chi connectivity index (χ0) is 37.3. The second kappa shape index (κ2) is 18.3. The summed E-state index contributed by atoms with van der Waals surface area (Å²) >= 11 is 0. The third-order valence-electron chi connectivity index (χ3n) is 11.2. The molecule has 1 aliphatic heterocycles. The van der Waals surface area contributed by atoms with Crippen LogP contribution in [0.25, 0.3) is 0 Å². The van der Waals surface area contributed by atoms with Crippen LogP contribution in [0.15, 0.2) is 12.7 Å². The number of urea groups is 1. The van der Waals surface area contributed by atoms with Gasteiger partial charge in [-0.3, -0.25) is 24.0 Å². The third kappa shape index (κ3) is 11.5. The molecule has 1 unspecified atom stereocenters. The summed E-state index contributed by atoms with van der Waals surface area (Å²) in [5.74, 6) is -3.98. The van der Waals surface area contributed by atoms with Gasteiger partial charge in [-0.1, -0.05) is 58.4 Å². The van der Waals surface area contributed by atoms with Crippen molar-refractivity contribution in [1.82, 2.24) is 26.2 Å². The van der Waals surface area contributed by atoms with Crippen LogP contribution in [0.5, 0.6) is 0 Å². The number of carbonyl (C=O) groups is 6. The molecule has 4 rings (SSSR count). The monoisotopic (exact) mass is 723 g/mol. The molecule has 4 fully saturated rings. The Balaban J connectivity index is 1.56. The van der Waals surface area contributed by atoms with E-state index < -0.39 is 72.7 Å². The summed E-state index contributed by atoms with van der Waals surface area (Å²) in [7, 11) is 0. The molecule has 11 nitrogen and oxygen atoms in total. The van der Waals surface area contributed by atoms with Gasteiger partial charge in [0.15, 0.2) is 5.78 Å². The third-order valence-corrected chi connectivity index (χ3v) is 11.2. The zero-order valence-electron chi connectivity index (χ0n) is 30.0. The van der Waals surface area contributed by atoms with Gasteiger partial charge < -0.3 is 26.2 Å². The lowest BCUT2D eigenvalue weighted by atomic mass is 9.81. The number of alkyl halides is 3. The molecular formula is C37H56F3N5O6. The summed E-state index contributed by atoms with van der Waals surface area (Å²) in [4.78, 5) is 82.3. The summed E-state index contributed by atoms with van der Waals surface area (Å²) in [6.45, 7) is 7.41. The average Bonchev–Trinajstić information content (AvgIpc) is 3.86. The Kier molecular flexibility index (Phi) is 14.5. The van der Waals surface area contributed by atoms with Gasteiger partial charge in [0.2, 0.25) is 17.6 Å². The first kappa shape index (κ1) is 40.3. The van der Waals surface area contributed by atoms with Crippen LogP contribution in [0.1, 0.15) is 110 Å². The predicted octanol–water partition coefficient (Wildman–Crippen LogP) is 4.73. The number of halogens is 3. The number of hydrogen-bond acceptors (Lipinski definition) is 6. The van der Waals surface area contributed by atoms with E-state index in [2.05, 4.69) is 27.8 Å². The summed E-state index contributed by atoms with van der Waals surface area (Å²) in [6, 6.07) is -5.14. The van der Waals surface area contributed by atoms with Crippen molar-refractivity contribution in [3.05, 3.63) is 12.7 Å². The first-order valence-corrected chi connectivity index (χ1v) is 18.9. The van der Waals surface area contributed by atoms with Crippen molar-refractivity contribution in [1.29, 1.82) is 0 Å². The maximum Gasteiger partial charge on any atom is 0.389 e. The molecular weight excluding hydrogens is 667 g/mol. The Morgan fingerprint density at radius 3 is 1.90 bits per heavy atom. The first-order chi connectivity index (χ1) is 24.2. The van der Waals surface area contributed by atoms with Gasteiger partial charge in [-0.05, 0) is 75.0 Å². The minimum absolute atomic E-state index is 0.0340. The van der Waals surface area contributed by atoms with Crippen molar-refractivity contribution in [2.45, 2.75) is 141 Å². The van der Waals surface area contributed by atoms with Crippen LogP contribution in [0.3, 0.4) is 0 Å². The fourth-order valence-electron chi connectivity index (χ4n) is 7.96. The highest BCUT2D eigenvalue weighted by Crippen LogP contribution is 2.36. The van der Waals surface area contributed by atoms with E-state index in [1.54, 1.807) is 0 Å². The van der Waals surface area contributed by atoms with E-state index in [-0.39, 0.29) is 54.9 Å². The van der Waals surface area contributed by atoms with E-state index in [4.69, 9.17) is 0 Å². The van der Waals surface area contributed by atoms with Crippen molar-refractivity contribution in [3.63, 3.8) is 0 Å². The van der Waals surface area contributed by atoms with Crippen molar-refractivity contribution in [2.24, 2.45) is 29.6 Å². The first-order valence-electron chi connectivity index (χ1n) is 18.9. The van der Waals surface area contributed by atoms with E-state index in [0.717, 1.165) is 64.2 Å². The lowest BCUT2D eigenvalue weighted by Gasteiger charge is -2.36. The van der Waals surface area contributed by atoms with Gasteiger partial charge in [0.1, 0.15) is 12.1 Å². The number of nitrogens with one attached hydrogen (secondary N) is 4. The Morgan fingerprint density at radius 1 is 0.804 bits per heavy atom. The summed E-state index contributed by atoms with van der Waals surface area (Å²) in [5.41, 5.74) is 0. The van der Waals surface area contributed by atoms with Gasteiger partial charge in [-0.2, -0.15) is 13.2 Å². The molecule has 286 valence electrons. The van der Waals surface area contributed by atoms with Gasteiger partial charge in [0.25, 0.3) is 5.91 Å². The molecule has 0 aromatic heterocycles. The molecule has 0 aromatic carbocycles. The number of rotatable bonds is 16. The number of ketones is 2. The predicted molar refractivity (Wildman–Crippen MR) is 184 cm³/mol. The maximum absolute atomic E-state index is 14.6. The molecule has 0 bridgehead atoms. The van der Waals surface area contributed by atoms with Crippen LogP contribution in [0.4, 0.5) is 18.0 Å². The molecule has 5 amide bonds. The van der Waals surface area contributed by atoms with Crippen LogP contribution in [0.2, 0.25) is 0 Å². The smallest absolute Gasteiger partial charge is 0.346 e. The largest absolute Gasteiger partial charge is 0.389 e. The molecule has 14 heteroatoms. The lowest BCUT2D eigenvalue weighted by molar-refractivity contribution is -0.147. The van der Waals surface area contributed by atoms with E-state index in [9.17, 15) is 41.9 Å². The highest BCUT2D eigenvalue weighted by atomic mass is 19.4. The van der Waals surface area contributed by atoms with Crippen LogP contribution in [-0.2, 0) is 24.0 Å². The van der Waals surface area contributed by atoms with Gasteiger partial charge in [0.05, 0.1) is 12.1 Å². The minimum atomic E-state index is -4.64. The fraction of sp³-hybridized carbons (Fsp3) is 0.784. The summed E-state index contributed by atoms with van der Waals surface area (Å²) < 4.78 is 39.7. The maximum atomic E-state index is 14.6. The highest BCUT2D eigenvalue weighted by molar-refractivity contribution is 6.38. The second-order valence-electron chi connectivity index (χ2n) is 15.4. The number of amides is 5. The van der Waals surface area contributed by atoms with Gasteiger partial charge in [-0.25, -0.2) is 4.79 Å². The van der Waals surface area contributed by atoms with E-state index in [1.807, 2.05) is 13.8 Å². The van der Waals surface area contributed by atoms with Crippen molar-refractivity contribution >= 4 is 35.3 Å². The summed E-state index contributed by atoms with van der Waals surface area (Å²) in [6.07, 6.45) is 5.04. The molecule has 51 heavy (non-hydrogen) atoms. The quantitative estimate of drug-likeness (QED) is 0.133. The molecule has 0 aromatic rings. The molecule has 4 N–H and O–H groups in total.